The van der Waals surface area contributed by atoms with Gasteiger partial charge in [0.25, 0.3) is 0 Å². The fourth-order valence-corrected chi connectivity index (χ4v) is 3.06. The number of amides is 1. The summed E-state index contributed by atoms with van der Waals surface area (Å²) < 4.78 is 5.49. The highest BCUT2D eigenvalue weighted by Gasteiger charge is 2.24. The van der Waals surface area contributed by atoms with E-state index >= 15 is 0 Å². The molecule has 0 spiro atoms. The zero-order chi connectivity index (χ0) is 13.5. The molecular weight excluding hydrogens is 244 g/mol. The molecule has 110 valence electrons. The molecule has 2 N–H and O–H groups in total. The fraction of sp³-hybridized carbons (Fsp3) is 0.929. The Balaban J connectivity index is 1.70. The minimum atomic E-state index is 0.0517. The van der Waals surface area contributed by atoms with E-state index in [-0.39, 0.29) is 18.6 Å². The number of rotatable bonds is 7. The average Bonchev–Trinajstić information content (AvgIpc) is 3.09. The standard InChI is InChI=1S/C14H26N2O3/c17-8-7-16(12-4-1-2-5-12)11-14(18)15-10-13-6-3-9-19-13/h12-13,17H,1-11H2,(H,15,18). The summed E-state index contributed by atoms with van der Waals surface area (Å²) in [4.78, 5) is 14.1. The molecule has 0 aromatic heterocycles. The van der Waals surface area contributed by atoms with Gasteiger partial charge in [-0.25, -0.2) is 0 Å². The van der Waals surface area contributed by atoms with E-state index in [4.69, 9.17) is 9.84 Å². The zero-order valence-corrected chi connectivity index (χ0v) is 11.6. The number of nitrogens with zero attached hydrogens (tertiary/aromatic N) is 1. The molecule has 1 heterocycles. The first kappa shape index (κ1) is 14.8. The van der Waals surface area contributed by atoms with Gasteiger partial charge in [0.1, 0.15) is 0 Å². The van der Waals surface area contributed by atoms with Crippen LogP contribution in [-0.2, 0) is 9.53 Å². The van der Waals surface area contributed by atoms with Crippen LogP contribution in [0.5, 0.6) is 0 Å². The van der Waals surface area contributed by atoms with Crippen LogP contribution in [0.1, 0.15) is 38.5 Å². The Morgan fingerprint density at radius 1 is 1.26 bits per heavy atom. The third-order valence-corrected chi connectivity index (χ3v) is 4.13. The summed E-state index contributed by atoms with van der Waals surface area (Å²) in [5, 5.41) is 12.1. The van der Waals surface area contributed by atoms with E-state index in [0.717, 1.165) is 32.3 Å². The van der Waals surface area contributed by atoms with Crippen molar-refractivity contribution in [3.63, 3.8) is 0 Å². The number of aliphatic hydroxyl groups excluding tert-OH is 1. The summed E-state index contributed by atoms with van der Waals surface area (Å²) in [6, 6.07) is 0.473. The molecule has 0 radical (unpaired) electrons. The van der Waals surface area contributed by atoms with Crippen LogP contribution in [0.25, 0.3) is 0 Å². The first-order valence-corrected chi connectivity index (χ1v) is 7.53. The molecule has 2 aliphatic rings. The van der Waals surface area contributed by atoms with Gasteiger partial charge >= 0.3 is 0 Å². The molecule has 1 atom stereocenters. The van der Waals surface area contributed by atoms with Crippen molar-refractivity contribution < 1.29 is 14.6 Å². The summed E-state index contributed by atoms with van der Waals surface area (Å²) in [5.41, 5.74) is 0. The van der Waals surface area contributed by atoms with Crippen molar-refractivity contribution >= 4 is 5.91 Å². The number of hydrogen-bond acceptors (Lipinski definition) is 4. The average molecular weight is 270 g/mol. The Labute approximate surface area is 115 Å². The molecule has 2 rings (SSSR count). The second-order valence-electron chi connectivity index (χ2n) is 5.57. The third kappa shape index (κ3) is 4.75. The number of aliphatic hydroxyl groups is 1. The Bertz CT molecular complexity index is 274. The third-order valence-electron chi connectivity index (χ3n) is 4.13. The van der Waals surface area contributed by atoms with Gasteiger partial charge in [0.15, 0.2) is 0 Å². The predicted molar refractivity (Wildman–Crippen MR) is 72.9 cm³/mol. The quantitative estimate of drug-likeness (QED) is 0.708. The lowest BCUT2D eigenvalue weighted by Crippen LogP contribution is -2.44. The van der Waals surface area contributed by atoms with Crippen LogP contribution in [-0.4, -0.2) is 60.9 Å². The number of carbonyl (C=O) groups excluding carboxylic acids is 1. The molecule has 1 aliphatic carbocycles. The first-order valence-electron chi connectivity index (χ1n) is 7.53. The molecule has 1 saturated carbocycles. The minimum Gasteiger partial charge on any atom is -0.395 e. The van der Waals surface area contributed by atoms with Crippen molar-refractivity contribution in [2.75, 3.05) is 32.8 Å². The van der Waals surface area contributed by atoms with Gasteiger partial charge in [-0.15, -0.1) is 0 Å². The summed E-state index contributed by atoms with van der Waals surface area (Å²) in [6.07, 6.45) is 7.12. The zero-order valence-electron chi connectivity index (χ0n) is 11.6. The Kier molecular flexibility index (Phi) is 6.07. The van der Waals surface area contributed by atoms with E-state index in [1.807, 2.05) is 0 Å². The number of hydrogen-bond donors (Lipinski definition) is 2. The van der Waals surface area contributed by atoms with Gasteiger partial charge in [0.05, 0.1) is 19.3 Å². The smallest absolute Gasteiger partial charge is 0.234 e. The van der Waals surface area contributed by atoms with E-state index in [2.05, 4.69) is 10.2 Å². The lowest BCUT2D eigenvalue weighted by atomic mass is 10.2. The molecule has 0 aromatic rings. The fourth-order valence-electron chi connectivity index (χ4n) is 3.06. The molecule has 1 saturated heterocycles. The van der Waals surface area contributed by atoms with Crippen LogP contribution in [0.4, 0.5) is 0 Å². The molecular formula is C14H26N2O3. The topological polar surface area (TPSA) is 61.8 Å². The van der Waals surface area contributed by atoms with Crippen LogP contribution in [0.2, 0.25) is 0 Å². The van der Waals surface area contributed by atoms with Gasteiger partial charge in [-0.1, -0.05) is 12.8 Å². The van der Waals surface area contributed by atoms with Crippen molar-refractivity contribution in [3.8, 4) is 0 Å². The van der Waals surface area contributed by atoms with E-state index in [0.29, 0.717) is 25.7 Å². The molecule has 5 nitrogen and oxygen atoms in total. The highest BCUT2D eigenvalue weighted by atomic mass is 16.5. The summed E-state index contributed by atoms with van der Waals surface area (Å²) in [6.45, 7) is 2.56. The SMILES string of the molecule is O=C(CN(CCO)C1CCCC1)NCC1CCCO1. The van der Waals surface area contributed by atoms with E-state index < -0.39 is 0 Å². The number of nitrogens with one attached hydrogen (secondary N) is 1. The summed E-state index contributed by atoms with van der Waals surface area (Å²) in [5.74, 6) is 0.0517. The van der Waals surface area contributed by atoms with Crippen molar-refractivity contribution in [2.45, 2.75) is 50.7 Å². The largest absolute Gasteiger partial charge is 0.395 e. The van der Waals surface area contributed by atoms with Crippen LogP contribution in [0.3, 0.4) is 0 Å². The highest BCUT2D eigenvalue weighted by Crippen LogP contribution is 2.22. The molecule has 1 amide bonds. The van der Waals surface area contributed by atoms with E-state index in [1.54, 1.807) is 0 Å². The molecule has 2 fully saturated rings. The minimum absolute atomic E-state index is 0.0517. The highest BCUT2D eigenvalue weighted by molar-refractivity contribution is 5.78. The normalized spacial score (nSPS) is 24.2. The Morgan fingerprint density at radius 3 is 2.68 bits per heavy atom. The van der Waals surface area contributed by atoms with Gasteiger partial charge in [-0.3, -0.25) is 9.69 Å². The van der Waals surface area contributed by atoms with Crippen LogP contribution in [0.15, 0.2) is 0 Å². The molecule has 19 heavy (non-hydrogen) atoms. The maximum Gasteiger partial charge on any atom is 0.234 e. The van der Waals surface area contributed by atoms with Crippen LogP contribution >= 0.6 is 0 Å². The number of ether oxygens (including phenoxy) is 1. The Morgan fingerprint density at radius 2 is 2.05 bits per heavy atom. The van der Waals surface area contributed by atoms with Gasteiger partial charge < -0.3 is 15.2 Å². The maximum absolute atomic E-state index is 12.0. The summed E-state index contributed by atoms with van der Waals surface area (Å²) >= 11 is 0. The molecule has 1 aliphatic heterocycles. The molecule has 5 heteroatoms. The van der Waals surface area contributed by atoms with E-state index in [1.165, 1.54) is 12.8 Å². The van der Waals surface area contributed by atoms with Crippen molar-refractivity contribution in [2.24, 2.45) is 0 Å². The van der Waals surface area contributed by atoms with Crippen molar-refractivity contribution in [3.05, 3.63) is 0 Å². The number of carbonyl (C=O) groups is 1. The monoisotopic (exact) mass is 270 g/mol. The Hall–Kier alpha value is -0.650. The second-order valence-corrected chi connectivity index (χ2v) is 5.57. The maximum atomic E-state index is 12.0. The molecule has 1 unspecified atom stereocenters. The van der Waals surface area contributed by atoms with Crippen molar-refractivity contribution in [1.29, 1.82) is 0 Å². The summed E-state index contributed by atoms with van der Waals surface area (Å²) in [7, 11) is 0. The van der Waals surface area contributed by atoms with Crippen molar-refractivity contribution in [1.82, 2.24) is 10.2 Å². The first-order chi connectivity index (χ1) is 9.29. The lowest BCUT2D eigenvalue weighted by Gasteiger charge is -2.27. The second kappa shape index (κ2) is 7.82. The van der Waals surface area contributed by atoms with Gasteiger partial charge in [0.2, 0.25) is 5.91 Å². The molecule has 0 bridgehead atoms. The van der Waals surface area contributed by atoms with Gasteiger partial charge in [-0.2, -0.15) is 0 Å². The molecule has 0 aromatic carbocycles. The van der Waals surface area contributed by atoms with E-state index in [9.17, 15) is 4.79 Å². The van der Waals surface area contributed by atoms with Crippen LogP contribution in [0, 0.1) is 0 Å². The van der Waals surface area contributed by atoms with Gasteiger partial charge in [-0.05, 0) is 25.7 Å². The predicted octanol–water partition coefficient (Wildman–Crippen LogP) is 0.518. The van der Waals surface area contributed by atoms with Gasteiger partial charge in [0, 0.05) is 25.7 Å². The lowest BCUT2D eigenvalue weighted by molar-refractivity contribution is -0.123. The van der Waals surface area contributed by atoms with Crippen LogP contribution < -0.4 is 5.32 Å².